The van der Waals surface area contributed by atoms with Crippen molar-refractivity contribution in [2.45, 2.75) is 45.4 Å². The summed E-state index contributed by atoms with van der Waals surface area (Å²) < 4.78 is 26.5. The van der Waals surface area contributed by atoms with Crippen LogP contribution in [0.4, 0.5) is 11.5 Å². The van der Waals surface area contributed by atoms with Gasteiger partial charge in [0, 0.05) is 31.7 Å². The number of nitrogens with zero attached hydrogens (tertiary/aromatic N) is 3. The van der Waals surface area contributed by atoms with Crippen molar-refractivity contribution in [2.75, 3.05) is 36.4 Å². The molecule has 0 bridgehead atoms. The molecule has 0 unspecified atom stereocenters. The van der Waals surface area contributed by atoms with Crippen LogP contribution in [0.15, 0.2) is 47.5 Å². The van der Waals surface area contributed by atoms with Crippen molar-refractivity contribution >= 4 is 27.4 Å². The summed E-state index contributed by atoms with van der Waals surface area (Å²) >= 11 is 0. The third-order valence-electron chi connectivity index (χ3n) is 4.78. The molecule has 1 aromatic carbocycles. The minimum Gasteiger partial charge on any atom is -0.357 e. The van der Waals surface area contributed by atoms with E-state index in [0.717, 1.165) is 31.7 Å². The van der Waals surface area contributed by atoms with Crippen LogP contribution in [0.25, 0.3) is 0 Å². The highest BCUT2D eigenvalue weighted by atomic mass is 32.2. The fourth-order valence-electron chi connectivity index (χ4n) is 3.22. The third kappa shape index (κ3) is 5.79. The Labute approximate surface area is 180 Å². The van der Waals surface area contributed by atoms with Gasteiger partial charge in [0.05, 0.1) is 16.8 Å². The lowest BCUT2D eigenvalue weighted by atomic mass is 10.2. The molecule has 1 heterocycles. The molecule has 164 valence electrons. The number of rotatable bonds is 11. The van der Waals surface area contributed by atoms with Gasteiger partial charge in [-0.2, -0.15) is 4.31 Å². The summed E-state index contributed by atoms with van der Waals surface area (Å²) in [7, 11) is -3.54. The Morgan fingerprint density at radius 3 is 2.00 bits per heavy atom. The van der Waals surface area contributed by atoms with Gasteiger partial charge in [0.25, 0.3) is 5.91 Å². The molecule has 1 aromatic heterocycles. The van der Waals surface area contributed by atoms with Crippen molar-refractivity contribution in [3.63, 3.8) is 0 Å². The number of amides is 1. The molecule has 2 rings (SSSR count). The SMILES string of the molecule is CCCN(CCC)c1ccc(NC(=O)c2ccc(S(=O)(=O)N(CC)CC)cc2)cn1. The molecule has 0 radical (unpaired) electrons. The number of benzene rings is 1. The van der Waals surface area contributed by atoms with Crippen LogP contribution in [0.2, 0.25) is 0 Å². The molecule has 30 heavy (non-hydrogen) atoms. The van der Waals surface area contributed by atoms with Gasteiger partial charge in [-0.25, -0.2) is 13.4 Å². The Hall–Kier alpha value is -2.45. The minimum atomic E-state index is -3.54. The largest absolute Gasteiger partial charge is 0.357 e. The molecule has 7 nitrogen and oxygen atoms in total. The first-order valence-corrected chi connectivity index (χ1v) is 11.9. The molecular weight excluding hydrogens is 400 g/mol. The molecule has 0 saturated carbocycles. The normalized spacial score (nSPS) is 11.5. The van der Waals surface area contributed by atoms with E-state index in [-0.39, 0.29) is 10.8 Å². The maximum atomic E-state index is 12.6. The predicted molar refractivity (Wildman–Crippen MR) is 122 cm³/mol. The Morgan fingerprint density at radius 1 is 0.933 bits per heavy atom. The van der Waals surface area contributed by atoms with E-state index in [1.807, 2.05) is 12.1 Å². The van der Waals surface area contributed by atoms with Gasteiger partial charge in [-0.3, -0.25) is 4.79 Å². The number of anilines is 2. The molecule has 0 spiro atoms. The number of carbonyl (C=O) groups is 1. The highest BCUT2D eigenvalue weighted by Gasteiger charge is 2.21. The van der Waals surface area contributed by atoms with Crippen LogP contribution >= 0.6 is 0 Å². The van der Waals surface area contributed by atoms with Crippen LogP contribution in [-0.2, 0) is 10.0 Å². The number of hydrogen-bond acceptors (Lipinski definition) is 5. The molecule has 0 aliphatic rings. The van der Waals surface area contributed by atoms with Gasteiger partial charge in [-0.1, -0.05) is 27.7 Å². The smallest absolute Gasteiger partial charge is 0.255 e. The van der Waals surface area contributed by atoms with E-state index in [0.29, 0.717) is 24.3 Å². The maximum absolute atomic E-state index is 12.6. The quantitative estimate of drug-likeness (QED) is 0.580. The predicted octanol–water partition coefficient (Wildman–Crippen LogP) is 3.99. The van der Waals surface area contributed by atoms with E-state index in [2.05, 4.69) is 29.0 Å². The standard InChI is InChI=1S/C22H32N4O3S/c1-5-15-25(16-6-2)21-14-11-19(17-23-21)24-22(27)18-9-12-20(13-10-18)30(28,29)26(7-3)8-4/h9-14,17H,5-8,15-16H2,1-4H3,(H,24,27). The van der Waals surface area contributed by atoms with Crippen LogP contribution < -0.4 is 10.2 Å². The number of nitrogens with one attached hydrogen (secondary N) is 1. The highest BCUT2D eigenvalue weighted by Crippen LogP contribution is 2.18. The lowest BCUT2D eigenvalue weighted by Gasteiger charge is -2.22. The van der Waals surface area contributed by atoms with Crippen LogP contribution in [0.5, 0.6) is 0 Å². The molecule has 0 fully saturated rings. The lowest BCUT2D eigenvalue weighted by Crippen LogP contribution is -2.30. The zero-order valence-corrected chi connectivity index (χ0v) is 19.1. The Morgan fingerprint density at radius 2 is 1.53 bits per heavy atom. The molecule has 2 aromatic rings. The van der Waals surface area contributed by atoms with Gasteiger partial charge in [0.1, 0.15) is 5.82 Å². The number of aromatic nitrogens is 1. The summed E-state index contributed by atoms with van der Waals surface area (Å²) in [4.78, 5) is 19.4. The minimum absolute atomic E-state index is 0.181. The second-order valence-electron chi connectivity index (χ2n) is 6.96. The summed E-state index contributed by atoms with van der Waals surface area (Å²) in [6.45, 7) is 10.5. The van der Waals surface area contributed by atoms with Crippen LogP contribution in [0.1, 0.15) is 50.9 Å². The Kier molecular flexibility index (Phi) is 8.80. The van der Waals surface area contributed by atoms with Gasteiger partial charge in [-0.15, -0.1) is 0 Å². The van der Waals surface area contributed by atoms with Gasteiger partial charge < -0.3 is 10.2 Å². The van der Waals surface area contributed by atoms with Gasteiger partial charge in [0.2, 0.25) is 10.0 Å². The lowest BCUT2D eigenvalue weighted by molar-refractivity contribution is 0.102. The van der Waals surface area contributed by atoms with Crippen molar-refractivity contribution in [3.05, 3.63) is 48.2 Å². The average Bonchev–Trinajstić information content (AvgIpc) is 2.75. The van der Waals surface area contributed by atoms with Crippen molar-refractivity contribution in [1.82, 2.24) is 9.29 Å². The topological polar surface area (TPSA) is 82.6 Å². The summed E-state index contributed by atoms with van der Waals surface area (Å²) in [5.41, 5.74) is 0.979. The van der Waals surface area contributed by atoms with E-state index >= 15 is 0 Å². The molecule has 1 N–H and O–H groups in total. The van der Waals surface area contributed by atoms with Gasteiger partial charge >= 0.3 is 0 Å². The number of hydrogen-bond donors (Lipinski definition) is 1. The first-order chi connectivity index (χ1) is 14.4. The number of pyridine rings is 1. The zero-order valence-electron chi connectivity index (χ0n) is 18.3. The van der Waals surface area contributed by atoms with E-state index in [4.69, 9.17) is 0 Å². The molecule has 0 aliphatic carbocycles. The van der Waals surface area contributed by atoms with Crippen molar-refractivity contribution < 1.29 is 13.2 Å². The summed E-state index contributed by atoms with van der Waals surface area (Å²) in [5.74, 6) is 0.581. The molecular formula is C22H32N4O3S. The van der Waals surface area contributed by atoms with Crippen molar-refractivity contribution in [2.24, 2.45) is 0 Å². The van der Waals surface area contributed by atoms with E-state index in [9.17, 15) is 13.2 Å². The molecule has 0 atom stereocenters. The average molecular weight is 433 g/mol. The molecule has 0 saturated heterocycles. The fourth-order valence-corrected chi connectivity index (χ4v) is 4.68. The first-order valence-electron chi connectivity index (χ1n) is 10.5. The fraction of sp³-hybridized carbons (Fsp3) is 0.455. The van der Waals surface area contributed by atoms with Crippen LogP contribution in [-0.4, -0.2) is 49.8 Å². The monoisotopic (exact) mass is 432 g/mol. The molecule has 8 heteroatoms. The second kappa shape index (κ2) is 11.1. The Bertz CT molecular complexity index is 902. The van der Waals surface area contributed by atoms with Crippen molar-refractivity contribution in [3.8, 4) is 0 Å². The summed E-state index contributed by atoms with van der Waals surface area (Å²) in [5, 5.41) is 2.81. The summed E-state index contributed by atoms with van der Waals surface area (Å²) in [6, 6.07) is 9.72. The highest BCUT2D eigenvalue weighted by molar-refractivity contribution is 7.89. The van der Waals surface area contributed by atoms with Crippen LogP contribution in [0, 0.1) is 0 Å². The second-order valence-corrected chi connectivity index (χ2v) is 8.90. The summed E-state index contributed by atoms with van der Waals surface area (Å²) in [6.07, 6.45) is 3.73. The Balaban J connectivity index is 2.09. The van der Waals surface area contributed by atoms with Crippen molar-refractivity contribution in [1.29, 1.82) is 0 Å². The number of sulfonamides is 1. The molecule has 0 aliphatic heterocycles. The number of carbonyl (C=O) groups excluding carboxylic acids is 1. The van der Waals surface area contributed by atoms with E-state index in [1.54, 1.807) is 20.0 Å². The first kappa shape index (κ1) is 23.8. The maximum Gasteiger partial charge on any atom is 0.255 e. The zero-order chi connectivity index (χ0) is 22.1. The van der Waals surface area contributed by atoms with E-state index < -0.39 is 10.0 Å². The van der Waals surface area contributed by atoms with Gasteiger partial charge in [0.15, 0.2) is 0 Å². The van der Waals surface area contributed by atoms with E-state index in [1.165, 1.54) is 28.6 Å². The third-order valence-corrected chi connectivity index (χ3v) is 6.84. The molecule has 1 amide bonds. The van der Waals surface area contributed by atoms with Crippen LogP contribution in [0.3, 0.4) is 0 Å². The van der Waals surface area contributed by atoms with Gasteiger partial charge in [-0.05, 0) is 49.2 Å².